The monoisotopic (exact) mass is 433 g/mol. The molecule has 1 fully saturated rings. The van der Waals surface area contributed by atoms with Gasteiger partial charge in [-0.3, -0.25) is 14.9 Å². The lowest BCUT2D eigenvalue weighted by Gasteiger charge is -2.34. The molecular weight excluding hydrogens is 402 g/mol. The summed E-state index contributed by atoms with van der Waals surface area (Å²) in [6, 6.07) is 17.3. The van der Waals surface area contributed by atoms with Crippen molar-refractivity contribution in [1.29, 1.82) is 0 Å². The molecule has 6 heteroatoms. The Bertz CT molecular complexity index is 1070. The molecule has 0 aliphatic carbocycles. The number of ether oxygens (including phenoxy) is 1. The number of amides is 1. The molecule has 0 atom stereocenters. The number of aromatic amines is 1. The number of fused-ring (bicyclic) bond motifs is 1. The number of para-hydroxylation sites is 1. The largest absolute Gasteiger partial charge is 0.381 e. The van der Waals surface area contributed by atoms with Gasteiger partial charge in [-0.15, -0.1) is 0 Å². The Morgan fingerprint density at radius 1 is 1.19 bits per heavy atom. The Hall–Kier alpha value is -2.93. The van der Waals surface area contributed by atoms with E-state index < -0.39 is 5.91 Å². The zero-order valence-electron chi connectivity index (χ0n) is 18.5. The second-order valence-electron chi connectivity index (χ2n) is 8.39. The summed E-state index contributed by atoms with van der Waals surface area (Å²) in [5.74, 6) is -0.535. The van der Waals surface area contributed by atoms with Crippen molar-refractivity contribution < 1.29 is 14.7 Å². The molecule has 1 amide bonds. The topological polar surface area (TPSA) is 77.6 Å². The van der Waals surface area contributed by atoms with Crippen molar-refractivity contribution in [2.45, 2.75) is 38.8 Å². The fourth-order valence-corrected chi connectivity index (χ4v) is 4.53. The minimum absolute atomic E-state index is 0.516. The highest BCUT2D eigenvalue weighted by molar-refractivity contribution is 5.90. The van der Waals surface area contributed by atoms with Crippen LogP contribution in [0.3, 0.4) is 0 Å². The molecule has 2 aromatic carbocycles. The quantitative estimate of drug-likeness (QED) is 0.282. The predicted octanol–water partition coefficient (Wildman–Crippen LogP) is 4.22. The molecule has 32 heavy (non-hydrogen) atoms. The number of H-pyrrole nitrogens is 1. The average Bonchev–Trinajstić information content (AvgIpc) is 3.16. The average molecular weight is 434 g/mol. The minimum Gasteiger partial charge on any atom is -0.381 e. The molecule has 3 aromatic rings. The van der Waals surface area contributed by atoms with Crippen LogP contribution in [-0.2, 0) is 22.5 Å². The summed E-state index contributed by atoms with van der Waals surface area (Å²) in [6.07, 6.45) is 6.12. The maximum Gasteiger partial charge on any atom is 0.267 e. The van der Waals surface area contributed by atoms with Crippen molar-refractivity contribution in [2.75, 3.05) is 19.8 Å². The van der Waals surface area contributed by atoms with Gasteiger partial charge < -0.3 is 9.72 Å². The Balaban J connectivity index is 1.47. The maximum atomic E-state index is 11.2. The van der Waals surface area contributed by atoms with Crippen molar-refractivity contribution in [1.82, 2.24) is 15.4 Å². The first-order valence-corrected chi connectivity index (χ1v) is 11.2. The second-order valence-corrected chi connectivity index (χ2v) is 8.39. The van der Waals surface area contributed by atoms with Crippen LogP contribution in [0.25, 0.3) is 17.0 Å². The van der Waals surface area contributed by atoms with E-state index in [1.54, 1.807) is 11.6 Å². The van der Waals surface area contributed by atoms with Crippen molar-refractivity contribution in [3.63, 3.8) is 0 Å². The number of benzene rings is 2. The van der Waals surface area contributed by atoms with Crippen LogP contribution in [0.2, 0.25) is 0 Å². The van der Waals surface area contributed by atoms with Gasteiger partial charge in [0.15, 0.2) is 0 Å². The number of aromatic nitrogens is 1. The third-order valence-electron chi connectivity index (χ3n) is 6.29. The van der Waals surface area contributed by atoms with Gasteiger partial charge in [-0.2, -0.15) is 0 Å². The number of nitrogens with one attached hydrogen (secondary N) is 2. The van der Waals surface area contributed by atoms with E-state index in [1.165, 1.54) is 33.8 Å². The van der Waals surface area contributed by atoms with Crippen molar-refractivity contribution in [3.8, 4) is 0 Å². The molecule has 6 nitrogen and oxygen atoms in total. The van der Waals surface area contributed by atoms with E-state index in [2.05, 4.69) is 53.2 Å². The molecule has 0 spiro atoms. The van der Waals surface area contributed by atoms with Gasteiger partial charge in [0.1, 0.15) is 0 Å². The van der Waals surface area contributed by atoms with Gasteiger partial charge in [-0.1, -0.05) is 42.5 Å². The summed E-state index contributed by atoms with van der Waals surface area (Å²) in [7, 11) is 0. The van der Waals surface area contributed by atoms with Gasteiger partial charge in [0.05, 0.1) is 0 Å². The van der Waals surface area contributed by atoms with E-state index in [1.807, 2.05) is 12.1 Å². The maximum absolute atomic E-state index is 11.2. The van der Waals surface area contributed by atoms with E-state index in [0.29, 0.717) is 6.04 Å². The first-order chi connectivity index (χ1) is 15.6. The first kappa shape index (κ1) is 22.3. The van der Waals surface area contributed by atoms with E-state index in [-0.39, 0.29) is 0 Å². The molecule has 4 rings (SSSR count). The van der Waals surface area contributed by atoms with E-state index in [9.17, 15) is 4.79 Å². The standard InChI is InChI=1S/C26H31N3O3/c1-19-23(24-4-2-3-5-25(24)27-19)12-15-29(22-13-16-32-17-14-22)18-21-8-6-20(7-9-21)10-11-26(30)28-31/h2-11,22,27,31H,12-18H2,1H3,(H,28,30)/b11-10+. The highest BCUT2D eigenvalue weighted by Gasteiger charge is 2.22. The van der Waals surface area contributed by atoms with Gasteiger partial charge in [0.25, 0.3) is 5.91 Å². The van der Waals surface area contributed by atoms with Crippen molar-refractivity contribution in [2.24, 2.45) is 0 Å². The molecule has 1 saturated heterocycles. The number of hydrogen-bond donors (Lipinski definition) is 3. The van der Waals surface area contributed by atoms with Crippen LogP contribution in [0.5, 0.6) is 0 Å². The second kappa shape index (κ2) is 10.6. The first-order valence-electron chi connectivity index (χ1n) is 11.2. The molecule has 0 radical (unpaired) electrons. The number of aryl methyl sites for hydroxylation is 1. The van der Waals surface area contributed by atoms with Gasteiger partial charge in [0, 0.05) is 55.0 Å². The van der Waals surface area contributed by atoms with Crippen LogP contribution in [0.4, 0.5) is 0 Å². The molecule has 1 aliphatic heterocycles. The summed E-state index contributed by atoms with van der Waals surface area (Å²) in [5, 5.41) is 9.93. The Morgan fingerprint density at radius 3 is 2.69 bits per heavy atom. The molecule has 1 aliphatic rings. The summed E-state index contributed by atoms with van der Waals surface area (Å²) in [4.78, 5) is 17.3. The highest BCUT2D eigenvalue weighted by atomic mass is 16.5. The van der Waals surface area contributed by atoms with E-state index >= 15 is 0 Å². The van der Waals surface area contributed by atoms with Crippen molar-refractivity contribution in [3.05, 3.63) is 77.0 Å². The van der Waals surface area contributed by atoms with Crippen LogP contribution in [-0.4, -0.2) is 46.8 Å². The van der Waals surface area contributed by atoms with E-state index in [4.69, 9.17) is 9.94 Å². The number of carbonyl (C=O) groups excluding carboxylic acids is 1. The molecule has 0 saturated carbocycles. The molecule has 3 N–H and O–H groups in total. The zero-order valence-corrected chi connectivity index (χ0v) is 18.5. The smallest absolute Gasteiger partial charge is 0.267 e. The molecule has 2 heterocycles. The summed E-state index contributed by atoms with van der Waals surface area (Å²) in [5.41, 5.74) is 7.63. The SMILES string of the molecule is Cc1[nH]c2ccccc2c1CCN(Cc1ccc(/C=C/C(=O)NO)cc1)C1CCOCC1. The number of carbonyl (C=O) groups is 1. The Kier molecular flexibility index (Phi) is 7.37. The lowest BCUT2D eigenvalue weighted by atomic mass is 10.0. The third kappa shape index (κ3) is 5.46. The Labute approximate surface area is 188 Å². The molecule has 0 bridgehead atoms. The van der Waals surface area contributed by atoms with Gasteiger partial charge >= 0.3 is 0 Å². The number of nitrogens with zero attached hydrogens (tertiary/aromatic N) is 1. The van der Waals surface area contributed by atoms with Gasteiger partial charge in [-0.25, -0.2) is 5.48 Å². The zero-order chi connectivity index (χ0) is 22.3. The number of rotatable bonds is 8. The van der Waals surface area contributed by atoms with Crippen LogP contribution >= 0.6 is 0 Å². The van der Waals surface area contributed by atoms with Crippen LogP contribution < -0.4 is 5.48 Å². The molecule has 0 unspecified atom stereocenters. The summed E-state index contributed by atoms with van der Waals surface area (Å²) >= 11 is 0. The number of hydrogen-bond acceptors (Lipinski definition) is 4. The van der Waals surface area contributed by atoms with Crippen LogP contribution in [0, 0.1) is 6.92 Å². The normalized spacial score (nSPS) is 15.1. The van der Waals surface area contributed by atoms with Gasteiger partial charge in [0.2, 0.25) is 0 Å². The summed E-state index contributed by atoms with van der Waals surface area (Å²) in [6.45, 7) is 5.68. The molecule has 168 valence electrons. The highest BCUT2D eigenvalue weighted by Crippen LogP contribution is 2.24. The van der Waals surface area contributed by atoms with E-state index in [0.717, 1.165) is 51.1 Å². The third-order valence-corrected chi connectivity index (χ3v) is 6.29. The molecular formula is C26H31N3O3. The van der Waals surface area contributed by atoms with Crippen LogP contribution in [0.1, 0.15) is 35.2 Å². The molecule has 1 aromatic heterocycles. The van der Waals surface area contributed by atoms with Gasteiger partial charge in [-0.05, 0) is 55.0 Å². The Morgan fingerprint density at radius 2 is 1.94 bits per heavy atom. The van der Waals surface area contributed by atoms with Crippen molar-refractivity contribution >= 4 is 22.9 Å². The minimum atomic E-state index is -0.535. The number of hydroxylamine groups is 1. The predicted molar refractivity (Wildman–Crippen MR) is 126 cm³/mol. The lowest BCUT2D eigenvalue weighted by molar-refractivity contribution is -0.124. The van der Waals surface area contributed by atoms with Crippen LogP contribution in [0.15, 0.2) is 54.6 Å². The fourth-order valence-electron chi connectivity index (χ4n) is 4.53. The fraction of sp³-hybridized carbons (Fsp3) is 0.346. The summed E-state index contributed by atoms with van der Waals surface area (Å²) < 4.78 is 5.61. The lowest BCUT2D eigenvalue weighted by Crippen LogP contribution is -2.40.